The molecule has 1 unspecified atom stereocenters. The highest BCUT2D eigenvalue weighted by atomic mass is 16.2. The van der Waals surface area contributed by atoms with Gasteiger partial charge in [-0.15, -0.1) is 0 Å². The van der Waals surface area contributed by atoms with Crippen molar-refractivity contribution in [1.29, 1.82) is 0 Å². The Labute approximate surface area is 175 Å². The summed E-state index contributed by atoms with van der Waals surface area (Å²) >= 11 is 0. The number of likely N-dealkylation sites (tertiary alicyclic amines) is 1. The van der Waals surface area contributed by atoms with Crippen molar-refractivity contribution in [3.63, 3.8) is 0 Å². The Morgan fingerprint density at radius 1 is 0.933 bits per heavy atom. The first-order chi connectivity index (χ1) is 14.7. The molecule has 3 N–H and O–H groups in total. The molecule has 1 amide bonds. The zero-order valence-electron chi connectivity index (χ0n) is 16.9. The fraction of sp³-hybridized carbons (Fsp3) is 0.391. The molecule has 0 saturated carbocycles. The molecule has 7 heteroatoms. The molecule has 0 bridgehead atoms. The lowest BCUT2D eigenvalue weighted by atomic mass is 10.0. The molecule has 1 aromatic heterocycles. The van der Waals surface area contributed by atoms with Crippen LogP contribution in [-0.2, 0) is 0 Å². The summed E-state index contributed by atoms with van der Waals surface area (Å²) in [5.74, 6) is -0.000615. The number of carbonyl (C=O) groups is 1. The fourth-order valence-corrected chi connectivity index (χ4v) is 4.77. The number of carbonyl (C=O) groups excluding carboxylic acids is 1. The van der Waals surface area contributed by atoms with Gasteiger partial charge in [0.25, 0.3) is 5.91 Å². The van der Waals surface area contributed by atoms with Crippen LogP contribution in [0.4, 0.5) is 5.69 Å². The molecule has 1 fully saturated rings. The van der Waals surface area contributed by atoms with E-state index in [1.54, 1.807) is 0 Å². The van der Waals surface area contributed by atoms with Crippen molar-refractivity contribution >= 4 is 22.6 Å². The maximum Gasteiger partial charge on any atom is 0.326 e. The summed E-state index contributed by atoms with van der Waals surface area (Å²) in [5, 5.41) is 6.47. The molecule has 0 radical (unpaired) electrons. The van der Waals surface area contributed by atoms with E-state index >= 15 is 0 Å². The average molecular weight is 406 g/mol. The van der Waals surface area contributed by atoms with E-state index in [9.17, 15) is 9.59 Å². The van der Waals surface area contributed by atoms with Crippen LogP contribution in [0.15, 0.2) is 53.3 Å². The molecular weight excluding hydrogens is 378 g/mol. The van der Waals surface area contributed by atoms with Gasteiger partial charge >= 0.3 is 5.69 Å². The van der Waals surface area contributed by atoms with Crippen molar-refractivity contribution in [1.82, 2.24) is 19.8 Å². The second kappa shape index (κ2) is 7.99. The van der Waals surface area contributed by atoms with Gasteiger partial charge in [0, 0.05) is 24.8 Å². The minimum atomic E-state index is -0.0188. The molecule has 1 atom stereocenters. The Hall–Kier alpha value is -3.06. The molecule has 0 aliphatic carbocycles. The summed E-state index contributed by atoms with van der Waals surface area (Å²) in [6.07, 6.45) is 3.84. The number of piperidine rings is 1. The number of imidazole rings is 1. The minimum Gasteiger partial charge on any atom is -0.365 e. The van der Waals surface area contributed by atoms with Crippen LogP contribution in [0, 0.1) is 0 Å². The van der Waals surface area contributed by atoms with Gasteiger partial charge in [-0.05, 0) is 56.5 Å². The molecule has 30 heavy (non-hydrogen) atoms. The Morgan fingerprint density at radius 3 is 2.57 bits per heavy atom. The van der Waals surface area contributed by atoms with Gasteiger partial charge in [-0.25, -0.2) is 4.79 Å². The number of anilines is 1. The summed E-state index contributed by atoms with van der Waals surface area (Å²) < 4.78 is 1.94. The molecule has 5 rings (SSSR count). The van der Waals surface area contributed by atoms with Crippen molar-refractivity contribution in [3.05, 3.63) is 64.6 Å². The quantitative estimate of drug-likeness (QED) is 0.610. The number of benzene rings is 2. The fourth-order valence-electron chi connectivity index (χ4n) is 4.77. The highest BCUT2D eigenvalue weighted by Gasteiger charge is 2.25. The van der Waals surface area contributed by atoms with Crippen molar-refractivity contribution in [2.24, 2.45) is 0 Å². The van der Waals surface area contributed by atoms with Crippen molar-refractivity contribution in [2.45, 2.75) is 37.9 Å². The lowest BCUT2D eigenvalue weighted by molar-refractivity contribution is 0.0932. The predicted molar refractivity (Wildman–Crippen MR) is 118 cm³/mol. The Morgan fingerprint density at radius 2 is 1.70 bits per heavy atom. The number of para-hydroxylation sites is 3. The topological polar surface area (TPSA) is 82.2 Å². The van der Waals surface area contributed by atoms with Gasteiger partial charge in [0.1, 0.15) is 0 Å². The van der Waals surface area contributed by atoms with Crippen molar-refractivity contribution < 1.29 is 4.79 Å². The molecule has 156 valence electrons. The number of amides is 1. The maximum atomic E-state index is 12.4. The van der Waals surface area contributed by atoms with Crippen LogP contribution in [0.5, 0.6) is 0 Å². The number of H-pyrrole nitrogens is 1. The first-order valence-corrected chi connectivity index (χ1v) is 10.8. The summed E-state index contributed by atoms with van der Waals surface area (Å²) in [6.45, 7) is 2.99. The molecule has 3 aromatic rings. The summed E-state index contributed by atoms with van der Waals surface area (Å²) in [4.78, 5) is 30.1. The van der Waals surface area contributed by atoms with Crippen LogP contribution in [-0.4, -0.2) is 46.2 Å². The molecule has 1 saturated heterocycles. The number of aromatic amines is 1. The molecule has 7 nitrogen and oxygen atoms in total. The van der Waals surface area contributed by atoms with Gasteiger partial charge in [0.05, 0.1) is 22.8 Å². The second-order valence-electron chi connectivity index (χ2n) is 8.25. The number of fused-ring (bicyclic) bond motifs is 2. The van der Waals surface area contributed by atoms with E-state index in [1.807, 2.05) is 53.1 Å². The molecular formula is C23H27N5O2. The van der Waals surface area contributed by atoms with E-state index in [0.29, 0.717) is 5.56 Å². The standard InChI is InChI=1S/C23H27N5O2/c29-22-17-6-1-2-7-18(17)24-21(26-22)10-5-13-27-14-11-16(12-15-27)28-20-9-4-3-8-19(20)25-23(28)30/h1-4,6-9,16,21,24H,5,10-15H2,(H,25,30)(H,26,29). The third-order valence-corrected chi connectivity index (χ3v) is 6.32. The first-order valence-electron chi connectivity index (χ1n) is 10.8. The molecule has 3 heterocycles. The molecule has 2 aromatic carbocycles. The molecule has 2 aliphatic rings. The summed E-state index contributed by atoms with van der Waals surface area (Å²) in [6, 6.07) is 15.8. The van der Waals surface area contributed by atoms with Crippen LogP contribution in [0.1, 0.15) is 42.1 Å². The van der Waals surface area contributed by atoms with E-state index in [1.165, 1.54) is 0 Å². The van der Waals surface area contributed by atoms with Gasteiger partial charge in [-0.3, -0.25) is 9.36 Å². The number of rotatable bonds is 5. The van der Waals surface area contributed by atoms with Gasteiger partial charge in [-0.2, -0.15) is 0 Å². The highest BCUT2D eigenvalue weighted by Crippen LogP contribution is 2.25. The Balaban J connectivity index is 1.13. The third-order valence-electron chi connectivity index (χ3n) is 6.32. The van der Waals surface area contributed by atoms with E-state index in [0.717, 1.165) is 62.0 Å². The lowest BCUT2D eigenvalue weighted by Crippen LogP contribution is -2.45. The van der Waals surface area contributed by atoms with Gasteiger partial charge in [0.15, 0.2) is 0 Å². The van der Waals surface area contributed by atoms with Crippen molar-refractivity contribution in [3.8, 4) is 0 Å². The first kappa shape index (κ1) is 18.9. The smallest absolute Gasteiger partial charge is 0.326 e. The van der Waals surface area contributed by atoms with Crippen LogP contribution in [0.25, 0.3) is 11.0 Å². The Bertz CT molecular complexity index is 1110. The maximum absolute atomic E-state index is 12.4. The second-order valence-corrected chi connectivity index (χ2v) is 8.25. The third kappa shape index (κ3) is 3.61. The van der Waals surface area contributed by atoms with Gasteiger partial charge < -0.3 is 20.5 Å². The van der Waals surface area contributed by atoms with Gasteiger partial charge in [-0.1, -0.05) is 24.3 Å². The molecule has 2 aliphatic heterocycles. The van der Waals surface area contributed by atoms with E-state index < -0.39 is 0 Å². The van der Waals surface area contributed by atoms with E-state index in [-0.39, 0.29) is 23.8 Å². The van der Waals surface area contributed by atoms with E-state index in [2.05, 4.69) is 20.5 Å². The zero-order valence-corrected chi connectivity index (χ0v) is 16.9. The van der Waals surface area contributed by atoms with Crippen LogP contribution >= 0.6 is 0 Å². The molecule has 0 spiro atoms. The predicted octanol–water partition coefficient (Wildman–Crippen LogP) is 2.93. The zero-order chi connectivity index (χ0) is 20.5. The number of aromatic nitrogens is 2. The SMILES string of the molecule is O=C1NC(CCCN2CCC(n3c(=O)[nH]c4ccccc43)CC2)Nc2ccccc21. The van der Waals surface area contributed by atoms with Crippen molar-refractivity contribution in [2.75, 3.05) is 25.0 Å². The van der Waals surface area contributed by atoms with Crippen LogP contribution in [0.2, 0.25) is 0 Å². The number of nitrogens with zero attached hydrogens (tertiary/aromatic N) is 2. The largest absolute Gasteiger partial charge is 0.365 e. The number of nitrogens with one attached hydrogen (secondary N) is 3. The monoisotopic (exact) mass is 405 g/mol. The normalized spacial score (nSPS) is 20.0. The summed E-state index contributed by atoms with van der Waals surface area (Å²) in [7, 11) is 0. The van der Waals surface area contributed by atoms with Crippen LogP contribution < -0.4 is 16.3 Å². The Kier molecular flexibility index (Phi) is 5.04. The highest BCUT2D eigenvalue weighted by molar-refractivity contribution is 6.01. The minimum absolute atomic E-state index is 0.000615. The van der Waals surface area contributed by atoms with E-state index in [4.69, 9.17) is 0 Å². The number of hydrogen-bond acceptors (Lipinski definition) is 4. The van der Waals surface area contributed by atoms with Crippen LogP contribution in [0.3, 0.4) is 0 Å². The average Bonchev–Trinajstić information content (AvgIpc) is 3.10. The lowest BCUT2D eigenvalue weighted by Gasteiger charge is -2.33. The summed E-state index contributed by atoms with van der Waals surface area (Å²) in [5.41, 5.74) is 3.53. The van der Waals surface area contributed by atoms with Gasteiger partial charge in [0.2, 0.25) is 0 Å². The number of hydrogen-bond donors (Lipinski definition) is 3.